The minimum absolute atomic E-state index is 0.126. The number of carbonyl (C=O) groups is 1. The van der Waals surface area contributed by atoms with Gasteiger partial charge in [-0.05, 0) is 47.5 Å². The van der Waals surface area contributed by atoms with Crippen LogP contribution in [0.2, 0.25) is 0 Å². The van der Waals surface area contributed by atoms with Crippen LogP contribution in [0.15, 0.2) is 97.6 Å². The highest BCUT2D eigenvalue weighted by atomic mass is 16.1. The Hall–Kier alpha value is -4.85. The zero-order valence-corrected chi connectivity index (χ0v) is 20.2. The van der Waals surface area contributed by atoms with Crippen molar-refractivity contribution in [3.8, 4) is 11.1 Å². The second kappa shape index (κ2) is 10.0. The van der Waals surface area contributed by atoms with E-state index in [-0.39, 0.29) is 5.91 Å². The van der Waals surface area contributed by atoms with Crippen LogP contribution in [0.3, 0.4) is 0 Å². The quantitative estimate of drug-likeness (QED) is 0.386. The molecule has 37 heavy (non-hydrogen) atoms. The fourth-order valence-corrected chi connectivity index (χ4v) is 4.49. The van der Waals surface area contributed by atoms with Gasteiger partial charge in [-0.2, -0.15) is 0 Å². The number of hydrogen-bond donors (Lipinski definition) is 1. The third-order valence-corrected chi connectivity index (χ3v) is 6.52. The number of nitrogens with one attached hydrogen (secondary N) is 1. The highest BCUT2D eigenvalue weighted by Gasteiger charge is 2.20. The van der Waals surface area contributed by atoms with Gasteiger partial charge in [0.2, 0.25) is 0 Å². The summed E-state index contributed by atoms with van der Waals surface area (Å²) in [5.74, 6) is 1.66. The molecule has 0 radical (unpaired) electrons. The lowest BCUT2D eigenvalue weighted by Gasteiger charge is -2.35. The molecule has 1 fully saturated rings. The van der Waals surface area contributed by atoms with Crippen LogP contribution in [0.1, 0.15) is 10.4 Å². The summed E-state index contributed by atoms with van der Waals surface area (Å²) in [4.78, 5) is 35.1. The van der Waals surface area contributed by atoms with Gasteiger partial charge < -0.3 is 15.1 Å². The van der Waals surface area contributed by atoms with Crippen LogP contribution >= 0.6 is 0 Å². The van der Waals surface area contributed by atoms with Crippen LogP contribution in [0.4, 0.5) is 17.3 Å². The highest BCUT2D eigenvalue weighted by Crippen LogP contribution is 2.26. The molecule has 3 heterocycles. The van der Waals surface area contributed by atoms with Gasteiger partial charge in [-0.1, -0.05) is 36.4 Å². The molecule has 1 saturated heterocycles. The first-order chi connectivity index (χ1) is 18.2. The third kappa shape index (κ3) is 4.95. The van der Waals surface area contributed by atoms with Gasteiger partial charge in [-0.3, -0.25) is 14.8 Å². The zero-order chi connectivity index (χ0) is 25.0. The minimum atomic E-state index is -0.126. The molecule has 0 aliphatic carbocycles. The first-order valence-electron chi connectivity index (χ1n) is 12.2. The summed E-state index contributed by atoms with van der Waals surface area (Å²) in [5, 5.41) is 2.95. The molecule has 0 saturated carbocycles. The molecule has 1 N–H and O–H groups in total. The van der Waals surface area contributed by atoms with Crippen molar-refractivity contribution in [2.45, 2.75) is 0 Å². The SMILES string of the molecule is O=C(Nc1ccc(-c2ccc3ncc(N4CCN(c5cnccn5)CC4)nc3c2)cc1)c1ccccc1. The van der Waals surface area contributed by atoms with Crippen molar-refractivity contribution < 1.29 is 4.79 Å². The molecule has 5 aromatic rings. The zero-order valence-electron chi connectivity index (χ0n) is 20.2. The van der Waals surface area contributed by atoms with Gasteiger partial charge in [0.25, 0.3) is 5.91 Å². The molecule has 1 aliphatic rings. The number of rotatable bonds is 5. The van der Waals surface area contributed by atoms with E-state index in [4.69, 9.17) is 4.98 Å². The monoisotopic (exact) mass is 487 g/mol. The van der Waals surface area contributed by atoms with E-state index in [2.05, 4.69) is 36.1 Å². The molecule has 2 aromatic heterocycles. The Balaban J connectivity index is 1.16. The standard InChI is InChI=1S/C29H25N7O/c37-29(22-4-2-1-3-5-22)33-24-9-6-21(7-10-24)23-8-11-25-26(18-23)34-28(20-32-25)36-16-14-35(15-17-36)27-19-30-12-13-31-27/h1-13,18-20H,14-17H2,(H,33,37). The number of hydrogen-bond acceptors (Lipinski definition) is 7. The van der Waals surface area contributed by atoms with Crippen LogP contribution in [0.25, 0.3) is 22.2 Å². The first-order valence-corrected chi connectivity index (χ1v) is 12.2. The lowest BCUT2D eigenvalue weighted by molar-refractivity contribution is 0.102. The second-order valence-corrected chi connectivity index (χ2v) is 8.87. The maximum absolute atomic E-state index is 12.4. The average molecular weight is 488 g/mol. The lowest BCUT2D eigenvalue weighted by atomic mass is 10.0. The number of piperazine rings is 1. The van der Waals surface area contributed by atoms with Crippen molar-refractivity contribution in [1.82, 2.24) is 19.9 Å². The molecule has 6 rings (SSSR count). The number of aromatic nitrogens is 4. The van der Waals surface area contributed by atoms with E-state index in [1.807, 2.05) is 60.8 Å². The Morgan fingerprint density at radius 1 is 0.703 bits per heavy atom. The lowest BCUT2D eigenvalue weighted by Crippen LogP contribution is -2.47. The summed E-state index contributed by atoms with van der Waals surface area (Å²) in [6, 6.07) is 23.2. The number of amides is 1. The topological polar surface area (TPSA) is 87.1 Å². The van der Waals surface area contributed by atoms with E-state index in [0.717, 1.165) is 65.7 Å². The van der Waals surface area contributed by atoms with E-state index in [1.54, 1.807) is 30.7 Å². The van der Waals surface area contributed by atoms with E-state index < -0.39 is 0 Å². The van der Waals surface area contributed by atoms with Crippen molar-refractivity contribution in [2.75, 3.05) is 41.3 Å². The molecule has 1 amide bonds. The number of nitrogens with zero attached hydrogens (tertiary/aromatic N) is 6. The molecule has 0 unspecified atom stereocenters. The molecule has 182 valence electrons. The molecule has 0 bridgehead atoms. The third-order valence-electron chi connectivity index (χ3n) is 6.52. The fourth-order valence-electron chi connectivity index (χ4n) is 4.49. The summed E-state index contributed by atoms with van der Waals surface area (Å²) < 4.78 is 0. The fraction of sp³-hybridized carbons (Fsp3) is 0.138. The first kappa shape index (κ1) is 22.6. The minimum Gasteiger partial charge on any atom is -0.352 e. The Bertz CT molecular complexity index is 1520. The van der Waals surface area contributed by atoms with Gasteiger partial charge in [0.05, 0.1) is 23.4 Å². The predicted molar refractivity (Wildman–Crippen MR) is 146 cm³/mol. The molecule has 3 aromatic carbocycles. The van der Waals surface area contributed by atoms with Crippen LogP contribution in [-0.2, 0) is 0 Å². The average Bonchev–Trinajstić information content (AvgIpc) is 2.98. The van der Waals surface area contributed by atoms with Crippen LogP contribution in [0, 0.1) is 0 Å². The molecule has 8 heteroatoms. The molecule has 0 atom stereocenters. The molecule has 8 nitrogen and oxygen atoms in total. The smallest absolute Gasteiger partial charge is 0.255 e. The normalized spacial score (nSPS) is 13.5. The molecular weight excluding hydrogens is 462 g/mol. The van der Waals surface area contributed by atoms with Gasteiger partial charge in [-0.25, -0.2) is 9.97 Å². The summed E-state index contributed by atoms with van der Waals surface area (Å²) in [5.41, 5.74) is 5.19. The van der Waals surface area contributed by atoms with Gasteiger partial charge in [0.1, 0.15) is 11.6 Å². The number of fused-ring (bicyclic) bond motifs is 1. The van der Waals surface area contributed by atoms with E-state index in [9.17, 15) is 4.79 Å². The van der Waals surface area contributed by atoms with E-state index in [1.165, 1.54) is 0 Å². The van der Waals surface area contributed by atoms with Crippen molar-refractivity contribution in [2.24, 2.45) is 0 Å². The Labute approximate surface area is 214 Å². The van der Waals surface area contributed by atoms with Crippen LogP contribution < -0.4 is 15.1 Å². The molecular formula is C29H25N7O. The summed E-state index contributed by atoms with van der Waals surface area (Å²) in [6.45, 7) is 3.39. The van der Waals surface area contributed by atoms with Crippen molar-refractivity contribution in [1.29, 1.82) is 0 Å². The molecule has 1 aliphatic heterocycles. The second-order valence-electron chi connectivity index (χ2n) is 8.87. The Kier molecular flexibility index (Phi) is 6.12. The Morgan fingerprint density at radius 2 is 1.43 bits per heavy atom. The summed E-state index contributed by atoms with van der Waals surface area (Å²) in [7, 11) is 0. The number of benzene rings is 3. The van der Waals surface area contributed by atoms with E-state index >= 15 is 0 Å². The summed E-state index contributed by atoms with van der Waals surface area (Å²) >= 11 is 0. The van der Waals surface area contributed by atoms with Crippen LogP contribution in [-0.4, -0.2) is 52.0 Å². The number of carbonyl (C=O) groups excluding carboxylic acids is 1. The Morgan fingerprint density at radius 3 is 2.16 bits per heavy atom. The molecule has 0 spiro atoms. The largest absolute Gasteiger partial charge is 0.352 e. The highest BCUT2D eigenvalue weighted by molar-refractivity contribution is 6.04. The van der Waals surface area contributed by atoms with E-state index in [0.29, 0.717) is 5.56 Å². The maximum atomic E-state index is 12.4. The van der Waals surface area contributed by atoms with Crippen LogP contribution in [0.5, 0.6) is 0 Å². The van der Waals surface area contributed by atoms with Gasteiger partial charge in [0.15, 0.2) is 0 Å². The van der Waals surface area contributed by atoms with Crippen molar-refractivity contribution in [3.05, 3.63) is 103 Å². The number of anilines is 3. The predicted octanol–water partition coefficient (Wildman–Crippen LogP) is 4.67. The van der Waals surface area contributed by atoms with Gasteiger partial charge in [-0.15, -0.1) is 0 Å². The summed E-state index contributed by atoms with van der Waals surface area (Å²) in [6.07, 6.45) is 7.07. The van der Waals surface area contributed by atoms with Gasteiger partial charge in [0, 0.05) is 49.8 Å². The van der Waals surface area contributed by atoms with Gasteiger partial charge >= 0.3 is 0 Å². The van der Waals surface area contributed by atoms with Crippen molar-refractivity contribution >= 4 is 34.3 Å². The van der Waals surface area contributed by atoms with Crippen molar-refractivity contribution in [3.63, 3.8) is 0 Å². The maximum Gasteiger partial charge on any atom is 0.255 e.